The smallest absolute Gasteiger partial charge is 0.210 e. The Morgan fingerprint density at radius 2 is 2.00 bits per heavy atom. The van der Waals surface area contributed by atoms with Gasteiger partial charge in [-0.2, -0.15) is 0 Å². The van der Waals surface area contributed by atoms with E-state index in [1.165, 1.54) is 24.9 Å². The molecule has 0 aliphatic carbocycles. The maximum atomic E-state index is 5.30. The highest BCUT2D eigenvalue weighted by Gasteiger charge is 2.05. The van der Waals surface area contributed by atoms with Crippen LogP contribution in [0.25, 0.3) is 0 Å². The molecule has 0 aromatic carbocycles. The number of unbranched alkanes of at least 4 members (excludes halogenated alkanes) is 1. The van der Waals surface area contributed by atoms with Crippen LogP contribution in [0.2, 0.25) is 12.1 Å². The van der Waals surface area contributed by atoms with Crippen LogP contribution in [0.5, 0.6) is 0 Å². The van der Waals surface area contributed by atoms with Gasteiger partial charge in [-0.25, -0.2) is 0 Å². The highest BCUT2D eigenvalue weighted by molar-refractivity contribution is 6.51. The summed E-state index contributed by atoms with van der Waals surface area (Å²) >= 11 is 0. The van der Waals surface area contributed by atoms with Gasteiger partial charge in [-0.1, -0.05) is 26.7 Å². The molecule has 0 spiro atoms. The highest BCUT2D eigenvalue weighted by atomic mass is 28.3. The molecule has 0 N–H and O–H groups in total. The van der Waals surface area contributed by atoms with Crippen LogP contribution in [-0.2, 0) is 4.43 Å². The molecule has 0 aromatic heterocycles. The first-order valence-electron chi connectivity index (χ1n) is 3.73. The summed E-state index contributed by atoms with van der Waals surface area (Å²) in [6.07, 6.45) is 2.65. The topological polar surface area (TPSA) is 9.23 Å². The van der Waals surface area contributed by atoms with Crippen molar-refractivity contribution in [3.63, 3.8) is 0 Å². The van der Waals surface area contributed by atoms with Crippen molar-refractivity contribution in [3.05, 3.63) is 0 Å². The molecule has 0 aromatic rings. The standard InChI is InChI=1S/C7H17OSi/c1-4-6-7-9(5-2)8-3/h4-7H2,1-3H3. The molecule has 0 atom stereocenters. The van der Waals surface area contributed by atoms with E-state index in [1.807, 2.05) is 7.11 Å². The average Bonchev–Trinajstić information content (AvgIpc) is 1.91. The molecule has 0 amide bonds. The minimum atomic E-state index is -0.386. The molecule has 0 rings (SSSR count). The van der Waals surface area contributed by atoms with Gasteiger partial charge in [-0.15, -0.1) is 0 Å². The molecule has 0 aliphatic rings. The maximum Gasteiger partial charge on any atom is 0.210 e. The van der Waals surface area contributed by atoms with Gasteiger partial charge in [0.15, 0.2) is 0 Å². The van der Waals surface area contributed by atoms with Crippen molar-refractivity contribution in [2.24, 2.45) is 0 Å². The third-order valence-electron chi connectivity index (χ3n) is 1.49. The van der Waals surface area contributed by atoms with Crippen LogP contribution >= 0.6 is 0 Å². The van der Waals surface area contributed by atoms with Gasteiger partial charge in [0.2, 0.25) is 9.04 Å². The van der Waals surface area contributed by atoms with Crippen molar-refractivity contribution < 1.29 is 4.43 Å². The minimum absolute atomic E-state index is 0.386. The lowest BCUT2D eigenvalue weighted by atomic mass is 10.4. The minimum Gasteiger partial charge on any atom is -0.420 e. The fraction of sp³-hybridized carbons (Fsp3) is 1.00. The first-order valence-corrected chi connectivity index (χ1v) is 5.56. The molecule has 0 heterocycles. The van der Waals surface area contributed by atoms with Gasteiger partial charge in [-0.05, 0) is 12.1 Å². The van der Waals surface area contributed by atoms with Crippen LogP contribution < -0.4 is 0 Å². The van der Waals surface area contributed by atoms with Gasteiger partial charge in [0, 0.05) is 7.11 Å². The highest BCUT2D eigenvalue weighted by Crippen LogP contribution is 2.04. The molecular formula is C7H17OSi. The zero-order valence-corrected chi connectivity index (χ0v) is 7.74. The van der Waals surface area contributed by atoms with Crippen molar-refractivity contribution >= 4 is 9.04 Å². The fourth-order valence-corrected chi connectivity index (χ4v) is 2.39. The Kier molecular flexibility index (Phi) is 6.42. The first-order chi connectivity index (χ1) is 4.35. The Balaban J connectivity index is 3.09. The van der Waals surface area contributed by atoms with Crippen molar-refractivity contribution in [2.75, 3.05) is 7.11 Å². The summed E-state index contributed by atoms with van der Waals surface area (Å²) in [6, 6.07) is 2.58. The molecule has 55 valence electrons. The Morgan fingerprint density at radius 1 is 1.33 bits per heavy atom. The Bertz CT molecular complexity index is 52.9. The maximum absolute atomic E-state index is 5.30. The van der Waals surface area contributed by atoms with Gasteiger partial charge < -0.3 is 4.43 Å². The van der Waals surface area contributed by atoms with Crippen molar-refractivity contribution in [1.82, 2.24) is 0 Å². The molecule has 0 fully saturated rings. The molecule has 1 nitrogen and oxygen atoms in total. The number of hydrogen-bond donors (Lipinski definition) is 0. The van der Waals surface area contributed by atoms with E-state index in [0.717, 1.165) is 0 Å². The van der Waals surface area contributed by atoms with E-state index in [4.69, 9.17) is 4.43 Å². The molecule has 1 radical (unpaired) electrons. The molecule has 0 aliphatic heterocycles. The number of hydrogen-bond acceptors (Lipinski definition) is 1. The largest absolute Gasteiger partial charge is 0.420 e. The summed E-state index contributed by atoms with van der Waals surface area (Å²) in [5.74, 6) is 0. The summed E-state index contributed by atoms with van der Waals surface area (Å²) in [4.78, 5) is 0. The SMILES string of the molecule is CCCC[Si](CC)OC. The second kappa shape index (κ2) is 6.30. The average molecular weight is 145 g/mol. The lowest BCUT2D eigenvalue weighted by Gasteiger charge is -2.07. The van der Waals surface area contributed by atoms with Gasteiger partial charge >= 0.3 is 0 Å². The Labute approximate surface area is 60.1 Å². The van der Waals surface area contributed by atoms with Crippen LogP contribution in [-0.4, -0.2) is 16.2 Å². The van der Waals surface area contributed by atoms with E-state index in [9.17, 15) is 0 Å². The normalized spacial score (nSPS) is 10.7. The molecular weight excluding hydrogens is 128 g/mol. The van der Waals surface area contributed by atoms with E-state index in [2.05, 4.69) is 13.8 Å². The van der Waals surface area contributed by atoms with E-state index >= 15 is 0 Å². The number of rotatable bonds is 5. The second-order valence-electron chi connectivity index (χ2n) is 2.20. The quantitative estimate of drug-likeness (QED) is 0.540. The second-order valence-corrected chi connectivity index (χ2v) is 4.89. The fourth-order valence-electron chi connectivity index (χ4n) is 0.797. The zero-order valence-electron chi connectivity index (χ0n) is 6.74. The molecule has 2 heteroatoms. The first kappa shape index (κ1) is 9.18. The molecule has 0 saturated carbocycles. The predicted molar refractivity (Wildman–Crippen MR) is 43.0 cm³/mol. The van der Waals surface area contributed by atoms with E-state index in [0.29, 0.717) is 0 Å². The monoisotopic (exact) mass is 145 g/mol. The predicted octanol–water partition coefficient (Wildman–Crippen LogP) is 2.44. The summed E-state index contributed by atoms with van der Waals surface area (Å²) in [7, 11) is 1.45. The van der Waals surface area contributed by atoms with Crippen LogP contribution in [0.15, 0.2) is 0 Å². The van der Waals surface area contributed by atoms with Crippen LogP contribution in [0.3, 0.4) is 0 Å². The Morgan fingerprint density at radius 3 is 2.33 bits per heavy atom. The Hall–Kier alpha value is 0.177. The van der Waals surface area contributed by atoms with Gasteiger partial charge in [0.1, 0.15) is 0 Å². The summed E-state index contributed by atoms with van der Waals surface area (Å²) in [5.41, 5.74) is 0. The van der Waals surface area contributed by atoms with Crippen molar-refractivity contribution in [2.45, 2.75) is 38.8 Å². The summed E-state index contributed by atoms with van der Waals surface area (Å²) in [5, 5.41) is 0. The lowest BCUT2D eigenvalue weighted by molar-refractivity contribution is 0.417. The third kappa shape index (κ3) is 4.67. The summed E-state index contributed by atoms with van der Waals surface area (Å²) in [6.45, 7) is 4.44. The molecule has 9 heavy (non-hydrogen) atoms. The van der Waals surface area contributed by atoms with Crippen LogP contribution in [0, 0.1) is 0 Å². The molecule has 0 bridgehead atoms. The van der Waals surface area contributed by atoms with E-state index < -0.39 is 0 Å². The van der Waals surface area contributed by atoms with Crippen LogP contribution in [0.1, 0.15) is 26.7 Å². The van der Waals surface area contributed by atoms with Gasteiger partial charge in [0.25, 0.3) is 0 Å². The van der Waals surface area contributed by atoms with E-state index in [1.54, 1.807) is 0 Å². The molecule has 0 unspecified atom stereocenters. The summed E-state index contributed by atoms with van der Waals surface area (Å²) < 4.78 is 5.30. The zero-order chi connectivity index (χ0) is 7.11. The van der Waals surface area contributed by atoms with Crippen LogP contribution in [0.4, 0.5) is 0 Å². The third-order valence-corrected chi connectivity index (χ3v) is 3.77. The van der Waals surface area contributed by atoms with Crippen molar-refractivity contribution in [1.29, 1.82) is 0 Å². The van der Waals surface area contributed by atoms with Gasteiger partial charge in [-0.3, -0.25) is 0 Å². The molecule has 0 saturated heterocycles. The lowest BCUT2D eigenvalue weighted by Crippen LogP contribution is -2.12. The van der Waals surface area contributed by atoms with Crippen molar-refractivity contribution in [3.8, 4) is 0 Å². The van der Waals surface area contributed by atoms with E-state index in [-0.39, 0.29) is 9.04 Å². The van der Waals surface area contributed by atoms with Gasteiger partial charge in [0.05, 0.1) is 0 Å².